The maximum absolute atomic E-state index is 13.5. The molecular weight excluding hydrogens is 518 g/mol. The highest BCUT2D eigenvalue weighted by Crippen LogP contribution is 2.22. The monoisotopic (exact) mass is 573 g/mol. The van der Waals surface area contributed by atoms with E-state index in [0.29, 0.717) is 25.8 Å². The number of rotatable bonds is 21. The quantitative estimate of drug-likeness (QED) is 0.119. The van der Waals surface area contributed by atoms with E-state index in [2.05, 4.69) is 34.4 Å². The van der Waals surface area contributed by atoms with Gasteiger partial charge in [0.15, 0.2) is 0 Å². The summed E-state index contributed by atoms with van der Waals surface area (Å²) in [6.45, 7) is 2.55. The van der Waals surface area contributed by atoms with Crippen molar-refractivity contribution in [2.24, 2.45) is 0 Å². The number of esters is 1. The number of amides is 2. The van der Waals surface area contributed by atoms with Crippen LogP contribution in [-0.2, 0) is 25.5 Å². The Labute approximate surface area is 247 Å². The van der Waals surface area contributed by atoms with E-state index in [1.54, 1.807) is 17.4 Å². The molecule has 0 spiro atoms. The van der Waals surface area contributed by atoms with E-state index < -0.39 is 18.1 Å². The number of allylic oxidation sites excluding steroid dienone is 2. The van der Waals surface area contributed by atoms with Crippen molar-refractivity contribution in [1.29, 1.82) is 0 Å². The number of hydrogen-bond acceptors (Lipinski definition) is 6. The lowest BCUT2D eigenvalue weighted by Gasteiger charge is -2.30. The molecular formula is C32H55N5O4. The van der Waals surface area contributed by atoms with E-state index in [4.69, 9.17) is 4.74 Å². The summed E-state index contributed by atoms with van der Waals surface area (Å²) in [6, 6.07) is -1.44. The van der Waals surface area contributed by atoms with Crippen molar-refractivity contribution in [3.63, 3.8) is 0 Å². The van der Waals surface area contributed by atoms with Crippen LogP contribution in [0.5, 0.6) is 0 Å². The zero-order valence-corrected chi connectivity index (χ0v) is 26.0. The molecule has 2 rings (SSSR count). The van der Waals surface area contributed by atoms with Crippen LogP contribution < -0.4 is 5.32 Å². The summed E-state index contributed by atoms with van der Waals surface area (Å²) in [7, 11) is 5.02. The number of likely N-dealkylation sites (N-methyl/N-ethyl adjacent to an activating group) is 1. The summed E-state index contributed by atoms with van der Waals surface area (Å²) in [5, 5.41) is 3.06. The number of nitrogens with one attached hydrogen (secondary N) is 2. The maximum Gasteiger partial charge on any atom is 0.328 e. The minimum absolute atomic E-state index is 0.0211. The van der Waals surface area contributed by atoms with Gasteiger partial charge in [-0.2, -0.15) is 0 Å². The molecule has 3 atom stereocenters. The topological polar surface area (TPSA) is 108 Å². The minimum atomic E-state index is -0.707. The molecule has 1 unspecified atom stereocenters. The van der Waals surface area contributed by atoms with Crippen LogP contribution in [0.4, 0.5) is 0 Å². The zero-order valence-electron chi connectivity index (χ0n) is 26.0. The molecule has 1 aliphatic heterocycles. The highest BCUT2D eigenvalue weighted by Gasteiger charge is 2.43. The number of aromatic amines is 1. The van der Waals surface area contributed by atoms with Crippen molar-refractivity contribution in [1.82, 2.24) is 25.1 Å². The van der Waals surface area contributed by atoms with Crippen molar-refractivity contribution < 1.29 is 19.1 Å². The molecule has 0 aromatic carbocycles. The summed E-state index contributed by atoms with van der Waals surface area (Å²) < 4.78 is 4.99. The number of carbonyl (C=O) groups excluding carboxylic acids is 3. The molecule has 1 aromatic rings. The molecule has 0 bridgehead atoms. The van der Waals surface area contributed by atoms with Gasteiger partial charge in [0.05, 0.1) is 19.5 Å². The van der Waals surface area contributed by atoms with Gasteiger partial charge in [-0.25, -0.2) is 9.78 Å². The van der Waals surface area contributed by atoms with Gasteiger partial charge in [-0.1, -0.05) is 70.4 Å². The Balaban J connectivity index is 1.66. The Hall–Kier alpha value is -2.68. The summed E-state index contributed by atoms with van der Waals surface area (Å²) >= 11 is 0. The van der Waals surface area contributed by atoms with Crippen molar-refractivity contribution in [2.75, 3.05) is 27.7 Å². The molecule has 0 radical (unpaired) electrons. The molecule has 41 heavy (non-hydrogen) atoms. The second-order valence-corrected chi connectivity index (χ2v) is 11.6. The van der Waals surface area contributed by atoms with Crippen molar-refractivity contribution >= 4 is 17.8 Å². The molecule has 2 amide bonds. The van der Waals surface area contributed by atoms with Gasteiger partial charge in [-0.05, 0) is 46.2 Å². The van der Waals surface area contributed by atoms with Gasteiger partial charge in [-0.3, -0.25) is 14.5 Å². The molecule has 1 aromatic heterocycles. The normalized spacial score (nSPS) is 17.8. The third-order valence-corrected chi connectivity index (χ3v) is 7.96. The Bertz CT molecular complexity index is 902. The number of nitrogens with zero attached hydrogens (tertiary/aromatic N) is 3. The molecule has 2 N–H and O–H groups in total. The highest BCUT2D eigenvalue weighted by atomic mass is 16.5. The minimum Gasteiger partial charge on any atom is -0.467 e. The second kappa shape index (κ2) is 20.2. The molecule has 1 aliphatic rings. The first-order valence-electron chi connectivity index (χ1n) is 15.8. The second-order valence-electron chi connectivity index (χ2n) is 11.6. The van der Waals surface area contributed by atoms with Gasteiger partial charge in [0, 0.05) is 43.7 Å². The number of likely N-dealkylation sites (tertiary alicyclic amines) is 1. The summed E-state index contributed by atoms with van der Waals surface area (Å²) in [6.07, 6.45) is 25.1. The fourth-order valence-corrected chi connectivity index (χ4v) is 5.49. The SMILES string of the molecule is CCCCCCCCC=CCCCCCCCC(=O)N[C@H]1C[C@@H](C(=O)OC)N(C(=O)C(Cc2cnc[nH]2)N(C)C)C1. The highest BCUT2D eigenvalue weighted by molar-refractivity contribution is 5.89. The lowest BCUT2D eigenvalue weighted by Crippen LogP contribution is -2.51. The number of H-pyrrole nitrogens is 1. The van der Waals surface area contributed by atoms with E-state index in [-0.39, 0.29) is 17.9 Å². The van der Waals surface area contributed by atoms with Gasteiger partial charge in [0.1, 0.15) is 6.04 Å². The van der Waals surface area contributed by atoms with E-state index in [1.165, 1.54) is 64.9 Å². The molecule has 0 saturated carbocycles. The fourth-order valence-electron chi connectivity index (χ4n) is 5.49. The molecule has 1 fully saturated rings. The van der Waals surface area contributed by atoms with Crippen molar-refractivity contribution in [2.45, 2.75) is 128 Å². The first-order chi connectivity index (χ1) is 19.9. The summed E-state index contributed by atoms with van der Waals surface area (Å²) in [5.74, 6) is -0.632. The largest absolute Gasteiger partial charge is 0.467 e. The molecule has 2 heterocycles. The van der Waals surface area contributed by atoms with Crippen LogP contribution in [0.15, 0.2) is 24.7 Å². The number of aromatic nitrogens is 2. The number of methoxy groups -OCH3 is 1. The van der Waals surface area contributed by atoms with E-state index in [1.807, 2.05) is 19.0 Å². The van der Waals surface area contributed by atoms with Crippen molar-refractivity contribution in [3.05, 3.63) is 30.4 Å². The summed E-state index contributed by atoms with van der Waals surface area (Å²) in [4.78, 5) is 49.2. The lowest BCUT2D eigenvalue weighted by molar-refractivity contribution is -0.152. The third-order valence-electron chi connectivity index (χ3n) is 7.96. The molecule has 9 heteroatoms. The first kappa shape index (κ1) is 34.5. The Morgan fingerprint density at radius 3 is 2.27 bits per heavy atom. The van der Waals surface area contributed by atoms with Crippen LogP contribution in [0.2, 0.25) is 0 Å². The number of carbonyl (C=O) groups is 3. The van der Waals surface area contributed by atoms with Crippen molar-refractivity contribution in [3.8, 4) is 0 Å². The maximum atomic E-state index is 13.5. The smallest absolute Gasteiger partial charge is 0.328 e. The van der Waals surface area contributed by atoms with Crippen LogP contribution in [0.3, 0.4) is 0 Å². The Kier molecular flexibility index (Phi) is 17.0. The third kappa shape index (κ3) is 13.2. The van der Waals surface area contributed by atoms with Gasteiger partial charge in [0.2, 0.25) is 11.8 Å². The van der Waals surface area contributed by atoms with Crippen LogP contribution in [-0.4, -0.2) is 83.4 Å². The molecule has 1 saturated heterocycles. The standard InChI is InChI=1S/C32H55N5O4/c1-5-6-7-8-9-10-11-12-13-14-15-16-17-18-19-20-30(38)35-27-22-29(32(40)41-4)37(24-27)31(39)28(36(2)3)21-26-23-33-25-34-26/h12-13,23,25,27-29H,5-11,14-22,24H2,1-4H3,(H,33,34)(H,35,38)/t27-,28?,29-/m0/s1. The number of hydrogen-bond donors (Lipinski definition) is 2. The van der Waals surface area contributed by atoms with Crippen LogP contribution in [0, 0.1) is 0 Å². The van der Waals surface area contributed by atoms with Gasteiger partial charge >= 0.3 is 5.97 Å². The molecule has 9 nitrogen and oxygen atoms in total. The van der Waals surface area contributed by atoms with E-state index in [9.17, 15) is 14.4 Å². The number of imidazole rings is 1. The average molecular weight is 574 g/mol. The Morgan fingerprint density at radius 2 is 1.68 bits per heavy atom. The van der Waals surface area contributed by atoms with Gasteiger partial charge in [0.25, 0.3) is 0 Å². The lowest BCUT2D eigenvalue weighted by atomic mass is 10.1. The zero-order chi connectivity index (χ0) is 29.9. The number of unbranched alkanes of at least 4 members (excludes halogenated alkanes) is 11. The van der Waals surface area contributed by atoms with Crippen LogP contribution in [0.25, 0.3) is 0 Å². The first-order valence-corrected chi connectivity index (χ1v) is 15.8. The van der Waals surface area contributed by atoms with E-state index in [0.717, 1.165) is 31.4 Å². The van der Waals surface area contributed by atoms with Gasteiger partial charge < -0.3 is 19.9 Å². The molecule has 232 valence electrons. The Morgan fingerprint density at radius 1 is 1.05 bits per heavy atom. The van der Waals surface area contributed by atoms with Crippen LogP contribution in [0.1, 0.15) is 109 Å². The number of ether oxygens (including phenoxy) is 1. The predicted molar refractivity (Wildman–Crippen MR) is 163 cm³/mol. The fraction of sp³-hybridized carbons (Fsp3) is 0.750. The van der Waals surface area contributed by atoms with Gasteiger partial charge in [-0.15, -0.1) is 0 Å². The summed E-state index contributed by atoms with van der Waals surface area (Å²) in [5.41, 5.74) is 0.843. The van der Waals surface area contributed by atoms with E-state index >= 15 is 0 Å². The molecule has 0 aliphatic carbocycles. The van der Waals surface area contributed by atoms with Crippen LogP contribution >= 0.6 is 0 Å². The average Bonchev–Trinajstić information content (AvgIpc) is 3.63. The predicted octanol–water partition coefficient (Wildman–Crippen LogP) is 5.18.